The normalized spacial score (nSPS) is 20.4. The van der Waals surface area contributed by atoms with Crippen LogP contribution in [0, 0.1) is 0 Å². The molecule has 2 nitrogen and oxygen atoms in total. The van der Waals surface area contributed by atoms with Crippen molar-refractivity contribution >= 4 is 11.8 Å². The zero-order valence-electron chi connectivity index (χ0n) is 8.26. The molecule has 0 aliphatic carbocycles. The van der Waals surface area contributed by atoms with Crippen LogP contribution in [-0.2, 0) is 6.42 Å². The molecular weight excluding hydrogens is 192 g/mol. The molecule has 1 aliphatic heterocycles. The highest BCUT2D eigenvalue weighted by atomic mass is 32.2. The molecule has 1 aromatic rings. The lowest BCUT2D eigenvalue weighted by Crippen LogP contribution is -2.24. The Labute approximate surface area is 89.0 Å². The highest BCUT2D eigenvalue weighted by molar-refractivity contribution is 8.02. The summed E-state index contributed by atoms with van der Waals surface area (Å²) in [4.78, 5) is 6.37. The van der Waals surface area contributed by atoms with E-state index in [9.17, 15) is 0 Å². The number of pyridine rings is 1. The average Bonchev–Trinajstić information content (AvgIpc) is 2.63. The molecule has 0 aromatic carbocycles. The summed E-state index contributed by atoms with van der Waals surface area (Å²) in [5.41, 5.74) is 1.36. The first-order valence-corrected chi connectivity index (χ1v) is 5.77. The molecule has 0 saturated carbocycles. The highest BCUT2D eigenvalue weighted by Gasteiger charge is 2.13. The van der Waals surface area contributed by atoms with Crippen molar-refractivity contribution in [1.29, 1.82) is 0 Å². The summed E-state index contributed by atoms with van der Waals surface area (Å²) < 4.78 is 0. The van der Waals surface area contributed by atoms with Crippen LogP contribution in [-0.4, -0.2) is 21.8 Å². The fourth-order valence-electron chi connectivity index (χ4n) is 1.49. The fraction of sp³-hybridized carbons (Fsp3) is 0.364. The maximum Gasteiger partial charge on any atom is 0.0758 e. The lowest BCUT2D eigenvalue weighted by atomic mass is 10.2. The fourth-order valence-corrected chi connectivity index (χ4v) is 2.28. The quantitative estimate of drug-likeness (QED) is 0.756. The Morgan fingerprint density at radius 3 is 2.86 bits per heavy atom. The van der Waals surface area contributed by atoms with Crippen molar-refractivity contribution in [2.45, 2.75) is 18.7 Å². The van der Waals surface area contributed by atoms with E-state index in [0.29, 0.717) is 5.37 Å². The summed E-state index contributed by atoms with van der Waals surface area (Å²) in [6.07, 6.45) is 6.98. The Morgan fingerprint density at radius 2 is 2.21 bits per heavy atom. The molecule has 0 spiro atoms. The molecular formula is C11H14N2S. The molecule has 3 heteroatoms. The Kier molecular flexibility index (Phi) is 3.09. The van der Waals surface area contributed by atoms with Crippen molar-refractivity contribution < 1.29 is 0 Å². The van der Waals surface area contributed by atoms with Crippen LogP contribution in [0.1, 0.15) is 12.5 Å². The zero-order chi connectivity index (χ0) is 9.80. The van der Waals surface area contributed by atoms with Crippen molar-refractivity contribution in [3.05, 3.63) is 41.7 Å². The summed E-state index contributed by atoms with van der Waals surface area (Å²) in [6, 6.07) is 4.16. The summed E-state index contributed by atoms with van der Waals surface area (Å²) in [7, 11) is 0. The lowest BCUT2D eigenvalue weighted by Gasteiger charge is -2.20. The van der Waals surface area contributed by atoms with Gasteiger partial charge in [0.05, 0.1) is 5.37 Å². The number of rotatable bonds is 3. The van der Waals surface area contributed by atoms with E-state index in [1.165, 1.54) is 5.56 Å². The monoisotopic (exact) mass is 206 g/mol. The van der Waals surface area contributed by atoms with Crippen molar-refractivity contribution in [2.24, 2.45) is 0 Å². The molecule has 1 atom stereocenters. The van der Waals surface area contributed by atoms with E-state index in [-0.39, 0.29) is 0 Å². The van der Waals surface area contributed by atoms with Crippen LogP contribution < -0.4 is 0 Å². The second kappa shape index (κ2) is 4.51. The van der Waals surface area contributed by atoms with E-state index in [1.54, 1.807) is 0 Å². The summed E-state index contributed by atoms with van der Waals surface area (Å²) in [6.45, 7) is 3.33. The molecule has 0 fully saturated rings. The van der Waals surface area contributed by atoms with Gasteiger partial charge in [0.15, 0.2) is 0 Å². The van der Waals surface area contributed by atoms with Crippen molar-refractivity contribution in [2.75, 3.05) is 6.54 Å². The molecule has 0 N–H and O–H groups in total. The smallest absolute Gasteiger partial charge is 0.0758 e. The number of aromatic nitrogens is 1. The summed E-state index contributed by atoms with van der Waals surface area (Å²) in [5.74, 6) is 0. The van der Waals surface area contributed by atoms with E-state index in [1.807, 2.05) is 24.2 Å². The van der Waals surface area contributed by atoms with Crippen LogP contribution in [0.5, 0.6) is 0 Å². The molecule has 0 saturated heterocycles. The summed E-state index contributed by atoms with van der Waals surface area (Å²) >= 11 is 1.87. The minimum absolute atomic E-state index is 0.594. The van der Waals surface area contributed by atoms with E-state index in [4.69, 9.17) is 0 Å². The van der Waals surface area contributed by atoms with Gasteiger partial charge in [0.25, 0.3) is 0 Å². The second-order valence-electron chi connectivity index (χ2n) is 3.36. The predicted molar refractivity (Wildman–Crippen MR) is 60.8 cm³/mol. The predicted octanol–water partition coefficient (Wildman–Crippen LogP) is 2.49. The second-order valence-corrected chi connectivity index (χ2v) is 4.59. The Morgan fingerprint density at radius 1 is 1.43 bits per heavy atom. The molecule has 1 aromatic heterocycles. The maximum absolute atomic E-state index is 4.01. The Bertz CT molecular complexity index is 310. The van der Waals surface area contributed by atoms with Gasteiger partial charge in [-0.2, -0.15) is 0 Å². The van der Waals surface area contributed by atoms with Crippen molar-refractivity contribution in [3.8, 4) is 0 Å². The number of hydrogen-bond donors (Lipinski definition) is 0. The van der Waals surface area contributed by atoms with Gasteiger partial charge < -0.3 is 4.90 Å². The third-order valence-corrected chi connectivity index (χ3v) is 3.35. The Balaban J connectivity index is 1.86. The number of hydrogen-bond acceptors (Lipinski definition) is 3. The van der Waals surface area contributed by atoms with Gasteiger partial charge in [0, 0.05) is 25.1 Å². The van der Waals surface area contributed by atoms with Gasteiger partial charge in [-0.05, 0) is 36.4 Å². The van der Waals surface area contributed by atoms with E-state index < -0.39 is 0 Å². The average molecular weight is 206 g/mol. The molecule has 0 radical (unpaired) electrons. The van der Waals surface area contributed by atoms with Crippen LogP contribution in [0.25, 0.3) is 0 Å². The maximum atomic E-state index is 4.01. The van der Waals surface area contributed by atoms with Gasteiger partial charge in [-0.1, -0.05) is 0 Å². The van der Waals surface area contributed by atoms with Crippen LogP contribution in [0.3, 0.4) is 0 Å². The number of nitrogens with zero attached hydrogens (tertiary/aromatic N) is 2. The first kappa shape index (κ1) is 9.59. The molecule has 0 amide bonds. The third-order valence-electron chi connectivity index (χ3n) is 2.40. The SMILES string of the molecule is CC1SC=CN1CCc1ccncc1. The first-order chi connectivity index (χ1) is 6.86. The van der Waals surface area contributed by atoms with Gasteiger partial charge in [0.2, 0.25) is 0 Å². The number of thioether (sulfide) groups is 1. The molecule has 2 heterocycles. The van der Waals surface area contributed by atoms with Gasteiger partial charge >= 0.3 is 0 Å². The van der Waals surface area contributed by atoms with Gasteiger partial charge in [0.1, 0.15) is 0 Å². The first-order valence-electron chi connectivity index (χ1n) is 4.83. The van der Waals surface area contributed by atoms with Crippen LogP contribution in [0.4, 0.5) is 0 Å². The Hall–Kier alpha value is -0.960. The minimum Gasteiger partial charge on any atom is -0.365 e. The lowest BCUT2D eigenvalue weighted by molar-refractivity contribution is 0.381. The van der Waals surface area contributed by atoms with Gasteiger partial charge in [-0.25, -0.2) is 0 Å². The van der Waals surface area contributed by atoms with Crippen LogP contribution in [0.2, 0.25) is 0 Å². The molecule has 74 valence electrons. The van der Waals surface area contributed by atoms with Crippen LogP contribution in [0.15, 0.2) is 36.1 Å². The van der Waals surface area contributed by atoms with Gasteiger partial charge in [-0.15, -0.1) is 11.8 Å². The molecule has 1 unspecified atom stereocenters. The van der Waals surface area contributed by atoms with E-state index in [0.717, 1.165) is 13.0 Å². The zero-order valence-corrected chi connectivity index (χ0v) is 9.07. The van der Waals surface area contributed by atoms with Crippen molar-refractivity contribution in [1.82, 2.24) is 9.88 Å². The van der Waals surface area contributed by atoms with E-state index in [2.05, 4.69) is 40.5 Å². The minimum atomic E-state index is 0.594. The standard InChI is InChI=1S/C11H14N2S/c1-10-13(8-9-14-10)7-4-11-2-5-12-6-3-11/h2-3,5-6,8-10H,4,7H2,1H3. The summed E-state index contributed by atoms with van der Waals surface area (Å²) in [5, 5.41) is 2.76. The topological polar surface area (TPSA) is 16.1 Å². The van der Waals surface area contributed by atoms with Crippen LogP contribution >= 0.6 is 11.8 Å². The molecule has 2 rings (SSSR count). The highest BCUT2D eigenvalue weighted by Crippen LogP contribution is 2.24. The molecule has 0 bridgehead atoms. The third kappa shape index (κ3) is 2.29. The molecule has 1 aliphatic rings. The molecule has 14 heavy (non-hydrogen) atoms. The van der Waals surface area contributed by atoms with Gasteiger partial charge in [-0.3, -0.25) is 4.98 Å². The van der Waals surface area contributed by atoms with Crippen molar-refractivity contribution in [3.63, 3.8) is 0 Å². The van der Waals surface area contributed by atoms with E-state index >= 15 is 0 Å². The largest absolute Gasteiger partial charge is 0.365 e.